The summed E-state index contributed by atoms with van der Waals surface area (Å²) in [5.74, 6) is 0.217. The summed E-state index contributed by atoms with van der Waals surface area (Å²) in [6.07, 6.45) is 0.568. The average molecular weight is 269 g/mol. The Hall–Kier alpha value is -0.670. The Bertz CT molecular complexity index is 487. The predicted molar refractivity (Wildman–Crippen MR) is 64.1 cm³/mol. The maximum absolute atomic E-state index is 11.6. The zero-order chi connectivity index (χ0) is 10.1. The molecule has 14 heavy (non-hydrogen) atoms. The lowest BCUT2D eigenvalue weighted by molar-refractivity contribution is 0.0990. The van der Waals surface area contributed by atoms with Gasteiger partial charge in [0.1, 0.15) is 0 Å². The number of carbonyl (C=O) groups is 1. The number of thiophene rings is 1. The third kappa shape index (κ3) is 1.51. The van der Waals surface area contributed by atoms with Crippen molar-refractivity contribution in [1.29, 1.82) is 0 Å². The molecule has 0 bridgehead atoms. The van der Waals surface area contributed by atoms with Crippen molar-refractivity contribution in [3.05, 3.63) is 33.6 Å². The molecule has 0 saturated heterocycles. The molecule has 1 heterocycles. The second kappa shape index (κ2) is 3.83. The molecule has 0 aliphatic carbocycles. The van der Waals surface area contributed by atoms with Gasteiger partial charge in [0.05, 0.1) is 0 Å². The van der Waals surface area contributed by atoms with E-state index >= 15 is 0 Å². The minimum atomic E-state index is 0.217. The monoisotopic (exact) mass is 268 g/mol. The van der Waals surface area contributed by atoms with Crippen molar-refractivity contribution in [1.82, 2.24) is 0 Å². The summed E-state index contributed by atoms with van der Waals surface area (Å²) in [7, 11) is 0. The number of fused-ring (bicyclic) bond motifs is 1. The van der Waals surface area contributed by atoms with E-state index in [1.165, 1.54) is 0 Å². The first kappa shape index (κ1) is 9.87. The van der Waals surface area contributed by atoms with Gasteiger partial charge in [-0.2, -0.15) is 0 Å². The topological polar surface area (TPSA) is 17.1 Å². The summed E-state index contributed by atoms with van der Waals surface area (Å²) in [4.78, 5) is 11.6. The highest BCUT2D eigenvalue weighted by Crippen LogP contribution is 2.32. The first-order valence-corrected chi connectivity index (χ1v) is 6.10. The minimum absolute atomic E-state index is 0.217. The van der Waals surface area contributed by atoms with E-state index in [1.54, 1.807) is 11.3 Å². The Kier molecular flexibility index (Phi) is 2.70. The highest BCUT2D eigenvalue weighted by Gasteiger charge is 2.11. The van der Waals surface area contributed by atoms with Gasteiger partial charge < -0.3 is 0 Å². The predicted octanol–water partition coefficient (Wildman–Crippen LogP) is 4.26. The van der Waals surface area contributed by atoms with Crippen molar-refractivity contribution in [3.63, 3.8) is 0 Å². The highest BCUT2D eigenvalue weighted by atomic mass is 79.9. The van der Waals surface area contributed by atoms with Gasteiger partial charge in [-0.1, -0.05) is 19.1 Å². The lowest BCUT2D eigenvalue weighted by atomic mass is 10.1. The van der Waals surface area contributed by atoms with Crippen LogP contribution in [-0.4, -0.2) is 5.78 Å². The molecule has 2 rings (SSSR count). The third-order valence-corrected chi connectivity index (χ3v) is 4.13. The summed E-state index contributed by atoms with van der Waals surface area (Å²) in [5, 5.41) is 3.01. The Morgan fingerprint density at radius 1 is 1.50 bits per heavy atom. The minimum Gasteiger partial charge on any atom is -0.294 e. The summed E-state index contributed by atoms with van der Waals surface area (Å²) < 4.78 is 2.22. The summed E-state index contributed by atoms with van der Waals surface area (Å²) >= 11 is 5.10. The summed E-state index contributed by atoms with van der Waals surface area (Å²) in [5.41, 5.74) is 0.855. The fraction of sp³-hybridized carbons (Fsp3) is 0.182. The van der Waals surface area contributed by atoms with Gasteiger partial charge in [0.25, 0.3) is 0 Å². The van der Waals surface area contributed by atoms with Gasteiger partial charge in [-0.15, -0.1) is 11.3 Å². The van der Waals surface area contributed by atoms with Crippen LogP contribution in [0.15, 0.2) is 28.1 Å². The van der Waals surface area contributed by atoms with Gasteiger partial charge in [-0.3, -0.25) is 4.79 Å². The van der Waals surface area contributed by atoms with Crippen LogP contribution >= 0.6 is 27.3 Å². The molecule has 1 aromatic heterocycles. The molecule has 72 valence electrons. The van der Waals surface area contributed by atoms with Crippen molar-refractivity contribution in [2.24, 2.45) is 0 Å². The molecule has 0 amide bonds. The van der Waals surface area contributed by atoms with Gasteiger partial charge in [0.15, 0.2) is 5.78 Å². The van der Waals surface area contributed by atoms with Gasteiger partial charge in [-0.05, 0) is 22.0 Å². The molecule has 0 N–H and O–H groups in total. The van der Waals surface area contributed by atoms with Crippen LogP contribution in [0.4, 0.5) is 0 Å². The molecular formula is C11H9BrOS. The molecule has 0 atom stereocenters. The smallest absolute Gasteiger partial charge is 0.164 e. The molecule has 0 fully saturated rings. The Balaban J connectivity index is 2.70. The summed E-state index contributed by atoms with van der Waals surface area (Å²) in [6, 6.07) is 5.96. The van der Waals surface area contributed by atoms with Crippen LogP contribution < -0.4 is 0 Å². The van der Waals surface area contributed by atoms with Crippen LogP contribution in [-0.2, 0) is 0 Å². The molecule has 0 aliphatic heterocycles. The fourth-order valence-corrected chi connectivity index (χ4v) is 3.05. The number of hydrogen-bond donors (Lipinski definition) is 0. The van der Waals surface area contributed by atoms with Crippen molar-refractivity contribution in [2.75, 3.05) is 0 Å². The zero-order valence-electron chi connectivity index (χ0n) is 7.71. The first-order valence-electron chi connectivity index (χ1n) is 4.43. The summed E-state index contributed by atoms with van der Waals surface area (Å²) in [6.45, 7) is 1.89. The van der Waals surface area contributed by atoms with Crippen LogP contribution in [0.1, 0.15) is 23.7 Å². The molecule has 0 radical (unpaired) electrons. The Labute approximate surface area is 94.9 Å². The molecular weight excluding hydrogens is 260 g/mol. The van der Waals surface area contributed by atoms with E-state index in [2.05, 4.69) is 15.9 Å². The van der Waals surface area contributed by atoms with Crippen molar-refractivity contribution in [2.45, 2.75) is 13.3 Å². The van der Waals surface area contributed by atoms with E-state index in [9.17, 15) is 4.79 Å². The molecule has 3 heteroatoms. The number of hydrogen-bond acceptors (Lipinski definition) is 2. The standard InChI is InChI=1S/C11H9BrOS/c1-2-10(13)8-6-14-11-7(8)4-3-5-9(11)12/h3-6H,2H2,1H3. The van der Waals surface area contributed by atoms with Gasteiger partial charge in [0.2, 0.25) is 0 Å². The van der Waals surface area contributed by atoms with E-state index in [0.717, 1.165) is 20.1 Å². The molecule has 1 nitrogen and oxygen atoms in total. The van der Waals surface area contributed by atoms with Gasteiger partial charge in [-0.25, -0.2) is 0 Å². The van der Waals surface area contributed by atoms with E-state index in [0.29, 0.717) is 6.42 Å². The Morgan fingerprint density at radius 2 is 2.29 bits per heavy atom. The van der Waals surface area contributed by atoms with E-state index in [4.69, 9.17) is 0 Å². The van der Waals surface area contributed by atoms with Crippen LogP contribution in [0, 0.1) is 0 Å². The molecule has 0 spiro atoms. The molecule has 1 aromatic carbocycles. The highest BCUT2D eigenvalue weighted by molar-refractivity contribution is 9.10. The fourth-order valence-electron chi connectivity index (χ4n) is 1.43. The molecule has 0 saturated carbocycles. The maximum atomic E-state index is 11.6. The van der Waals surface area contributed by atoms with Crippen LogP contribution in [0.3, 0.4) is 0 Å². The average Bonchev–Trinajstić information content (AvgIpc) is 2.62. The quantitative estimate of drug-likeness (QED) is 0.744. The second-order valence-electron chi connectivity index (χ2n) is 3.04. The van der Waals surface area contributed by atoms with E-state index in [1.807, 2.05) is 30.5 Å². The zero-order valence-corrected chi connectivity index (χ0v) is 10.1. The molecule has 0 aliphatic rings. The van der Waals surface area contributed by atoms with Crippen molar-refractivity contribution in [3.8, 4) is 0 Å². The molecule has 0 unspecified atom stereocenters. The maximum Gasteiger partial charge on any atom is 0.164 e. The number of rotatable bonds is 2. The van der Waals surface area contributed by atoms with Crippen molar-refractivity contribution >= 4 is 43.1 Å². The number of ketones is 1. The van der Waals surface area contributed by atoms with E-state index in [-0.39, 0.29) is 5.78 Å². The van der Waals surface area contributed by atoms with Gasteiger partial charge in [0, 0.05) is 31.9 Å². The Morgan fingerprint density at radius 3 is 3.00 bits per heavy atom. The van der Waals surface area contributed by atoms with E-state index < -0.39 is 0 Å². The van der Waals surface area contributed by atoms with Gasteiger partial charge >= 0.3 is 0 Å². The van der Waals surface area contributed by atoms with Crippen LogP contribution in [0.25, 0.3) is 10.1 Å². The number of halogens is 1. The second-order valence-corrected chi connectivity index (χ2v) is 4.78. The SMILES string of the molecule is CCC(=O)c1csc2c(Br)cccc12. The first-order chi connectivity index (χ1) is 6.74. The number of carbonyl (C=O) groups excluding carboxylic acids is 1. The lowest BCUT2D eigenvalue weighted by Gasteiger charge is -1.96. The largest absolute Gasteiger partial charge is 0.294 e. The number of Topliss-reactive ketones (excluding diaryl/α,β-unsaturated/α-hetero) is 1. The van der Waals surface area contributed by atoms with Crippen LogP contribution in [0.5, 0.6) is 0 Å². The molecule has 2 aromatic rings. The van der Waals surface area contributed by atoms with Crippen LogP contribution in [0.2, 0.25) is 0 Å². The lowest BCUT2D eigenvalue weighted by Crippen LogP contribution is -1.93. The third-order valence-electron chi connectivity index (χ3n) is 2.17. The normalized spacial score (nSPS) is 10.7. The van der Waals surface area contributed by atoms with Crippen molar-refractivity contribution < 1.29 is 4.79 Å². The number of benzene rings is 1.